The van der Waals surface area contributed by atoms with Gasteiger partial charge in [0.1, 0.15) is 6.04 Å². The number of hydrogen-bond acceptors (Lipinski definition) is 3. The zero-order valence-electron chi connectivity index (χ0n) is 10.7. The largest absolute Gasteiger partial charge is 0.352 e. The topological polar surface area (TPSA) is 70.2 Å². The molecule has 100 valence electrons. The second-order valence-electron chi connectivity index (χ2n) is 6.09. The summed E-state index contributed by atoms with van der Waals surface area (Å²) in [5.74, 6) is 2.18. The van der Waals surface area contributed by atoms with E-state index < -0.39 is 6.04 Å². The normalized spacial score (nSPS) is 39.7. The average molecular weight is 251 g/mol. The predicted octanol–water partition coefficient (Wildman–Crippen LogP) is 0.320. The second kappa shape index (κ2) is 4.53. The minimum absolute atomic E-state index is 0.0522. The Morgan fingerprint density at radius 2 is 2.22 bits per heavy atom. The Bertz CT molecular complexity index is 371. The third-order valence-corrected chi connectivity index (χ3v) is 4.90. The minimum Gasteiger partial charge on any atom is -0.352 e. The third kappa shape index (κ3) is 2.11. The molecule has 1 heterocycles. The van der Waals surface area contributed by atoms with Gasteiger partial charge in [-0.15, -0.1) is 0 Å². The van der Waals surface area contributed by atoms with Crippen LogP contribution in [0.5, 0.6) is 0 Å². The van der Waals surface area contributed by atoms with Crippen LogP contribution in [0.2, 0.25) is 0 Å². The van der Waals surface area contributed by atoms with E-state index in [9.17, 15) is 9.59 Å². The van der Waals surface area contributed by atoms with Crippen molar-refractivity contribution in [3.63, 3.8) is 0 Å². The molecule has 0 aromatic carbocycles. The fourth-order valence-electron chi connectivity index (χ4n) is 3.95. The van der Waals surface area contributed by atoms with Crippen molar-refractivity contribution in [1.82, 2.24) is 16.2 Å². The molecule has 3 fully saturated rings. The van der Waals surface area contributed by atoms with E-state index in [-0.39, 0.29) is 24.3 Å². The molecular formula is C13H21N3O2. The molecule has 0 spiro atoms. The molecule has 1 saturated heterocycles. The maximum absolute atomic E-state index is 12.0. The number of carbonyl (C=O) groups excluding carboxylic acids is 2. The molecular weight excluding hydrogens is 230 g/mol. The molecule has 2 aliphatic carbocycles. The van der Waals surface area contributed by atoms with Crippen LogP contribution in [0.3, 0.4) is 0 Å². The smallest absolute Gasteiger partial charge is 0.239 e. The number of hydrazine groups is 1. The molecule has 2 amide bonds. The highest BCUT2D eigenvalue weighted by Crippen LogP contribution is 2.49. The van der Waals surface area contributed by atoms with Crippen molar-refractivity contribution in [3.05, 3.63) is 0 Å². The first-order chi connectivity index (χ1) is 8.63. The number of fused-ring (bicyclic) bond motifs is 2. The van der Waals surface area contributed by atoms with Crippen molar-refractivity contribution in [2.24, 2.45) is 17.8 Å². The lowest BCUT2D eigenvalue weighted by Crippen LogP contribution is -2.48. The summed E-state index contributed by atoms with van der Waals surface area (Å²) < 4.78 is 0. The van der Waals surface area contributed by atoms with Crippen LogP contribution in [0.15, 0.2) is 0 Å². The molecule has 0 radical (unpaired) electrons. The zero-order valence-corrected chi connectivity index (χ0v) is 10.7. The van der Waals surface area contributed by atoms with Gasteiger partial charge in [0, 0.05) is 6.04 Å². The Hall–Kier alpha value is -1.10. The van der Waals surface area contributed by atoms with Crippen molar-refractivity contribution in [1.29, 1.82) is 0 Å². The highest BCUT2D eigenvalue weighted by atomic mass is 16.2. The minimum atomic E-state index is -0.404. The molecule has 1 aliphatic heterocycles. The van der Waals surface area contributed by atoms with Crippen LogP contribution < -0.4 is 16.2 Å². The van der Waals surface area contributed by atoms with E-state index in [0.717, 1.165) is 11.8 Å². The fourth-order valence-corrected chi connectivity index (χ4v) is 3.95. The number of nitrogens with one attached hydrogen (secondary N) is 3. The number of amides is 2. The quantitative estimate of drug-likeness (QED) is 0.676. The Morgan fingerprint density at radius 3 is 2.78 bits per heavy atom. The van der Waals surface area contributed by atoms with E-state index in [4.69, 9.17) is 0 Å². The van der Waals surface area contributed by atoms with Gasteiger partial charge in [0.25, 0.3) is 0 Å². The van der Waals surface area contributed by atoms with E-state index >= 15 is 0 Å². The average Bonchev–Trinajstić information content (AvgIpc) is 3.03. The van der Waals surface area contributed by atoms with Crippen molar-refractivity contribution in [2.75, 3.05) is 0 Å². The van der Waals surface area contributed by atoms with Gasteiger partial charge < -0.3 is 5.32 Å². The maximum atomic E-state index is 12.0. The van der Waals surface area contributed by atoms with Crippen LogP contribution in [-0.4, -0.2) is 23.9 Å². The van der Waals surface area contributed by atoms with E-state index in [1.807, 2.05) is 0 Å². The van der Waals surface area contributed by atoms with E-state index in [2.05, 4.69) is 23.1 Å². The van der Waals surface area contributed by atoms with Crippen LogP contribution in [-0.2, 0) is 9.59 Å². The Labute approximate surface area is 107 Å². The monoisotopic (exact) mass is 251 g/mol. The van der Waals surface area contributed by atoms with Gasteiger partial charge in [-0.2, -0.15) is 0 Å². The lowest BCUT2D eigenvalue weighted by molar-refractivity contribution is -0.125. The Balaban J connectivity index is 1.53. The zero-order chi connectivity index (χ0) is 12.7. The lowest BCUT2D eigenvalue weighted by atomic mass is 9.84. The molecule has 5 heteroatoms. The summed E-state index contributed by atoms with van der Waals surface area (Å²) in [5.41, 5.74) is 5.19. The Kier molecular flexibility index (Phi) is 3.01. The molecule has 18 heavy (non-hydrogen) atoms. The summed E-state index contributed by atoms with van der Waals surface area (Å²) >= 11 is 0. The summed E-state index contributed by atoms with van der Waals surface area (Å²) in [6.07, 6.45) is 5.57. The van der Waals surface area contributed by atoms with E-state index in [1.165, 1.54) is 25.7 Å². The molecule has 5 nitrogen and oxygen atoms in total. The van der Waals surface area contributed by atoms with E-state index in [1.54, 1.807) is 0 Å². The second-order valence-corrected chi connectivity index (χ2v) is 6.09. The van der Waals surface area contributed by atoms with Crippen LogP contribution >= 0.6 is 0 Å². The molecule has 3 aliphatic rings. The summed E-state index contributed by atoms with van der Waals surface area (Å²) in [7, 11) is 0. The highest BCUT2D eigenvalue weighted by molar-refractivity contribution is 5.90. The molecule has 2 saturated carbocycles. The van der Waals surface area contributed by atoms with Gasteiger partial charge in [0.15, 0.2) is 0 Å². The maximum Gasteiger partial charge on any atom is 0.239 e. The van der Waals surface area contributed by atoms with Crippen LogP contribution in [0.1, 0.15) is 39.0 Å². The summed E-state index contributed by atoms with van der Waals surface area (Å²) in [6.45, 7) is 2.10. The standard InChI is InChI=1S/C13H21N3O2/c1-7(10-5-8-2-3-9(10)4-8)14-13(18)11-6-12(17)16-15-11/h7-11,15H,2-6H2,1H3,(H,14,18)(H,16,17). The van der Waals surface area contributed by atoms with Crippen LogP contribution in [0, 0.1) is 17.8 Å². The summed E-state index contributed by atoms with van der Waals surface area (Å²) in [4.78, 5) is 23.0. The van der Waals surface area contributed by atoms with Crippen molar-refractivity contribution >= 4 is 11.8 Å². The predicted molar refractivity (Wildman–Crippen MR) is 66.2 cm³/mol. The van der Waals surface area contributed by atoms with Crippen LogP contribution in [0.4, 0.5) is 0 Å². The van der Waals surface area contributed by atoms with E-state index in [0.29, 0.717) is 5.92 Å². The van der Waals surface area contributed by atoms with Crippen molar-refractivity contribution < 1.29 is 9.59 Å². The Morgan fingerprint density at radius 1 is 1.39 bits per heavy atom. The summed E-state index contributed by atoms with van der Waals surface area (Å²) in [5, 5.41) is 3.08. The van der Waals surface area contributed by atoms with Gasteiger partial charge in [-0.25, -0.2) is 5.43 Å². The SMILES string of the molecule is CC(NC(=O)C1CC(=O)NN1)C1CC2CCC1C2. The first-order valence-corrected chi connectivity index (χ1v) is 6.98. The lowest BCUT2D eigenvalue weighted by Gasteiger charge is -2.29. The first-order valence-electron chi connectivity index (χ1n) is 6.98. The van der Waals surface area contributed by atoms with Gasteiger partial charge in [-0.05, 0) is 43.9 Å². The van der Waals surface area contributed by atoms with Crippen molar-refractivity contribution in [2.45, 2.75) is 51.1 Å². The first kappa shape index (κ1) is 12.0. The van der Waals surface area contributed by atoms with Gasteiger partial charge in [0.05, 0.1) is 6.42 Å². The fraction of sp³-hybridized carbons (Fsp3) is 0.846. The molecule has 5 atom stereocenters. The van der Waals surface area contributed by atoms with Gasteiger partial charge >= 0.3 is 0 Å². The number of carbonyl (C=O) groups is 2. The number of hydrogen-bond donors (Lipinski definition) is 3. The molecule has 0 aromatic heterocycles. The molecule has 5 unspecified atom stereocenters. The van der Waals surface area contributed by atoms with Crippen molar-refractivity contribution in [3.8, 4) is 0 Å². The van der Waals surface area contributed by atoms with Gasteiger partial charge in [-0.1, -0.05) is 6.42 Å². The summed E-state index contributed by atoms with van der Waals surface area (Å²) in [6, 6.07) is -0.177. The molecule has 2 bridgehead atoms. The molecule has 3 rings (SSSR count). The number of rotatable bonds is 3. The van der Waals surface area contributed by atoms with Gasteiger partial charge in [0.2, 0.25) is 11.8 Å². The van der Waals surface area contributed by atoms with Crippen LogP contribution in [0.25, 0.3) is 0 Å². The molecule has 0 aromatic rings. The third-order valence-electron chi connectivity index (χ3n) is 4.90. The van der Waals surface area contributed by atoms with Gasteiger partial charge in [-0.3, -0.25) is 15.0 Å². The highest BCUT2D eigenvalue weighted by Gasteiger charge is 2.42. The molecule has 3 N–H and O–H groups in total.